The molecule has 1 aromatic rings. The summed E-state index contributed by atoms with van der Waals surface area (Å²) in [5.41, 5.74) is 2.38. The number of aromatic nitrogens is 2. The Bertz CT molecular complexity index is 489. The normalized spacial score (nSPS) is 24.5. The molecule has 1 fully saturated rings. The van der Waals surface area contributed by atoms with Crippen LogP contribution in [0.3, 0.4) is 0 Å². The lowest BCUT2D eigenvalue weighted by Gasteiger charge is -2.45. The fourth-order valence-electron chi connectivity index (χ4n) is 3.20. The van der Waals surface area contributed by atoms with Gasteiger partial charge < -0.3 is 5.32 Å². The van der Waals surface area contributed by atoms with Crippen LogP contribution >= 0.6 is 11.6 Å². The standard InChI is InChI=1S/C16H29ClN4/c1-7-12-15(17)13(20(6)19-12)10-21-9-11(2)18-8-14(21)16(3,4)5/h11,14,18H,7-10H2,1-6H3. The molecule has 0 radical (unpaired) electrons. The highest BCUT2D eigenvalue weighted by Gasteiger charge is 2.35. The van der Waals surface area contributed by atoms with Crippen molar-refractivity contribution >= 4 is 11.6 Å². The molecule has 0 spiro atoms. The Morgan fingerprint density at radius 3 is 2.57 bits per heavy atom. The maximum Gasteiger partial charge on any atom is 0.0863 e. The van der Waals surface area contributed by atoms with Crippen LogP contribution < -0.4 is 5.32 Å². The molecule has 2 atom stereocenters. The SMILES string of the molecule is CCc1nn(C)c(CN2CC(C)NCC2C(C)(C)C)c1Cl. The van der Waals surface area contributed by atoms with Gasteiger partial charge in [0.25, 0.3) is 0 Å². The Morgan fingerprint density at radius 2 is 2.05 bits per heavy atom. The van der Waals surface area contributed by atoms with Gasteiger partial charge in [-0.15, -0.1) is 0 Å². The van der Waals surface area contributed by atoms with Crippen molar-refractivity contribution in [3.8, 4) is 0 Å². The summed E-state index contributed by atoms with van der Waals surface area (Å²) < 4.78 is 1.95. The predicted molar refractivity (Wildman–Crippen MR) is 88.7 cm³/mol. The third-order valence-electron chi connectivity index (χ3n) is 4.46. The van der Waals surface area contributed by atoms with Gasteiger partial charge in [0.2, 0.25) is 0 Å². The topological polar surface area (TPSA) is 33.1 Å². The smallest absolute Gasteiger partial charge is 0.0863 e. The van der Waals surface area contributed by atoms with Crippen LogP contribution in [-0.4, -0.2) is 39.9 Å². The molecule has 0 aromatic carbocycles. The minimum atomic E-state index is 0.242. The summed E-state index contributed by atoms with van der Waals surface area (Å²) >= 11 is 6.52. The molecule has 1 aliphatic rings. The van der Waals surface area contributed by atoms with Crippen molar-refractivity contribution in [1.82, 2.24) is 20.0 Å². The largest absolute Gasteiger partial charge is 0.311 e. The second kappa shape index (κ2) is 6.27. The van der Waals surface area contributed by atoms with Crippen LogP contribution in [0.4, 0.5) is 0 Å². The second-order valence-electron chi connectivity index (χ2n) is 7.31. The molecule has 0 aliphatic carbocycles. The van der Waals surface area contributed by atoms with Crippen molar-refractivity contribution in [1.29, 1.82) is 0 Å². The molecule has 2 unspecified atom stereocenters. The molecule has 1 aliphatic heterocycles. The molecule has 0 saturated carbocycles. The minimum Gasteiger partial charge on any atom is -0.311 e. The first-order valence-electron chi connectivity index (χ1n) is 7.91. The van der Waals surface area contributed by atoms with Crippen LogP contribution in [0.25, 0.3) is 0 Å². The zero-order valence-corrected chi connectivity index (χ0v) is 15.0. The van der Waals surface area contributed by atoms with Crippen LogP contribution in [-0.2, 0) is 20.0 Å². The van der Waals surface area contributed by atoms with Gasteiger partial charge in [0.1, 0.15) is 0 Å². The van der Waals surface area contributed by atoms with Gasteiger partial charge in [-0.2, -0.15) is 5.10 Å². The van der Waals surface area contributed by atoms with E-state index in [1.807, 2.05) is 11.7 Å². The second-order valence-corrected chi connectivity index (χ2v) is 7.68. The highest BCUT2D eigenvalue weighted by Crippen LogP contribution is 2.30. The molecule has 2 rings (SSSR count). The number of hydrogen-bond donors (Lipinski definition) is 1. The molecule has 0 amide bonds. The molecular weight excluding hydrogens is 284 g/mol. The summed E-state index contributed by atoms with van der Waals surface area (Å²) in [4.78, 5) is 2.56. The molecule has 1 aromatic heterocycles. The third-order valence-corrected chi connectivity index (χ3v) is 4.90. The molecule has 1 saturated heterocycles. The van der Waals surface area contributed by atoms with Gasteiger partial charge in [0.05, 0.1) is 16.4 Å². The van der Waals surface area contributed by atoms with E-state index in [1.165, 1.54) is 0 Å². The zero-order valence-electron chi connectivity index (χ0n) is 14.2. The van der Waals surface area contributed by atoms with Crippen LogP contribution in [0, 0.1) is 5.41 Å². The number of rotatable bonds is 3. The van der Waals surface area contributed by atoms with Crippen LogP contribution in [0.15, 0.2) is 0 Å². The Morgan fingerprint density at radius 1 is 1.38 bits per heavy atom. The van der Waals surface area contributed by atoms with E-state index < -0.39 is 0 Å². The van der Waals surface area contributed by atoms with Crippen molar-refractivity contribution in [3.05, 3.63) is 16.4 Å². The first-order chi connectivity index (χ1) is 9.74. The van der Waals surface area contributed by atoms with E-state index >= 15 is 0 Å². The summed E-state index contributed by atoms with van der Waals surface area (Å²) in [7, 11) is 2.00. The highest BCUT2D eigenvalue weighted by molar-refractivity contribution is 6.31. The maximum absolute atomic E-state index is 6.52. The fourth-order valence-corrected chi connectivity index (χ4v) is 3.55. The van der Waals surface area contributed by atoms with E-state index in [0.29, 0.717) is 12.1 Å². The van der Waals surface area contributed by atoms with E-state index in [0.717, 1.165) is 42.5 Å². The van der Waals surface area contributed by atoms with Crippen LogP contribution in [0.2, 0.25) is 5.02 Å². The summed E-state index contributed by atoms with van der Waals surface area (Å²) in [6.07, 6.45) is 0.882. The van der Waals surface area contributed by atoms with Crippen LogP contribution in [0.5, 0.6) is 0 Å². The van der Waals surface area contributed by atoms with E-state index in [9.17, 15) is 0 Å². The first kappa shape index (κ1) is 16.8. The van der Waals surface area contributed by atoms with Gasteiger partial charge in [0.15, 0.2) is 0 Å². The van der Waals surface area contributed by atoms with Gasteiger partial charge in [-0.1, -0.05) is 39.3 Å². The average Bonchev–Trinajstić information content (AvgIpc) is 2.65. The molecule has 2 heterocycles. The monoisotopic (exact) mass is 312 g/mol. The van der Waals surface area contributed by atoms with E-state index in [1.54, 1.807) is 0 Å². The molecular formula is C16H29ClN4. The quantitative estimate of drug-likeness (QED) is 0.931. The molecule has 1 N–H and O–H groups in total. The predicted octanol–water partition coefficient (Wildman–Crippen LogP) is 2.84. The first-order valence-corrected chi connectivity index (χ1v) is 8.29. The number of piperazine rings is 1. The van der Waals surface area contributed by atoms with Gasteiger partial charge >= 0.3 is 0 Å². The molecule has 5 heteroatoms. The molecule has 120 valence electrons. The van der Waals surface area contributed by atoms with Gasteiger partial charge in [-0.3, -0.25) is 9.58 Å². The van der Waals surface area contributed by atoms with E-state index in [-0.39, 0.29) is 5.41 Å². The minimum absolute atomic E-state index is 0.242. The average molecular weight is 313 g/mol. The number of halogens is 1. The third kappa shape index (κ3) is 3.61. The van der Waals surface area contributed by atoms with Crippen molar-refractivity contribution in [3.63, 3.8) is 0 Å². The number of aryl methyl sites for hydroxylation is 2. The summed E-state index contributed by atoms with van der Waals surface area (Å²) in [5.74, 6) is 0. The van der Waals surface area contributed by atoms with Crippen molar-refractivity contribution < 1.29 is 0 Å². The number of nitrogens with one attached hydrogen (secondary N) is 1. The Balaban J connectivity index is 2.24. The van der Waals surface area contributed by atoms with Crippen LogP contribution in [0.1, 0.15) is 46.0 Å². The Labute approximate surface area is 133 Å². The van der Waals surface area contributed by atoms with Gasteiger partial charge in [0, 0.05) is 38.8 Å². The summed E-state index contributed by atoms with van der Waals surface area (Å²) in [6.45, 7) is 14.2. The van der Waals surface area contributed by atoms with Crippen molar-refractivity contribution in [2.75, 3.05) is 13.1 Å². The molecule has 0 bridgehead atoms. The molecule has 4 nitrogen and oxygen atoms in total. The zero-order chi connectivity index (χ0) is 15.8. The fraction of sp³-hybridized carbons (Fsp3) is 0.812. The highest BCUT2D eigenvalue weighted by atomic mass is 35.5. The van der Waals surface area contributed by atoms with Crippen molar-refractivity contribution in [2.24, 2.45) is 12.5 Å². The Kier molecular flexibility index (Phi) is 5.01. The van der Waals surface area contributed by atoms with Crippen molar-refractivity contribution in [2.45, 2.75) is 59.7 Å². The number of hydrogen-bond acceptors (Lipinski definition) is 3. The van der Waals surface area contributed by atoms with Gasteiger partial charge in [-0.05, 0) is 18.8 Å². The maximum atomic E-state index is 6.52. The molecule has 21 heavy (non-hydrogen) atoms. The van der Waals surface area contributed by atoms with Gasteiger partial charge in [-0.25, -0.2) is 0 Å². The summed E-state index contributed by atoms with van der Waals surface area (Å²) in [6, 6.07) is 1.02. The lowest BCUT2D eigenvalue weighted by molar-refractivity contribution is 0.0507. The van der Waals surface area contributed by atoms with E-state index in [2.05, 4.69) is 49.9 Å². The lowest BCUT2D eigenvalue weighted by Crippen LogP contribution is -2.59. The van der Waals surface area contributed by atoms with E-state index in [4.69, 9.17) is 11.6 Å². The summed E-state index contributed by atoms with van der Waals surface area (Å²) in [5, 5.41) is 8.99. The Hall–Kier alpha value is -0.580. The lowest BCUT2D eigenvalue weighted by atomic mass is 9.84. The number of nitrogens with zero attached hydrogens (tertiary/aromatic N) is 3.